The van der Waals surface area contributed by atoms with E-state index in [-0.39, 0.29) is 29.8 Å². The number of rotatable bonds is 7. The molecule has 2 aliphatic rings. The highest BCUT2D eigenvalue weighted by molar-refractivity contribution is 6.20. The quantitative estimate of drug-likeness (QED) is 0.561. The minimum Gasteiger partial charge on any atom is -0.509 e. The molecule has 1 saturated carbocycles. The van der Waals surface area contributed by atoms with Crippen LogP contribution in [0.4, 0.5) is 0 Å². The van der Waals surface area contributed by atoms with Crippen LogP contribution in [-0.4, -0.2) is 41.0 Å². The third kappa shape index (κ3) is 4.24. The molecule has 2 rings (SSSR count). The SMILES string of the molecule is CCCCCCN1CC(O)=C(C(=O)NC2CCCCC2)C1=O. The summed E-state index contributed by atoms with van der Waals surface area (Å²) in [6, 6.07) is 0.146. The largest absolute Gasteiger partial charge is 0.509 e. The van der Waals surface area contributed by atoms with Gasteiger partial charge in [-0.3, -0.25) is 9.59 Å². The second-order valence-corrected chi connectivity index (χ2v) is 6.42. The number of carbonyl (C=O) groups excluding carboxylic acids is 2. The average molecular weight is 308 g/mol. The zero-order chi connectivity index (χ0) is 15.9. The molecule has 5 heteroatoms. The molecule has 0 aromatic heterocycles. The van der Waals surface area contributed by atoms with Gasteiger partial charge in [-0.25, -0.2) is 0 Å². The topological polar surface area (TPSA) is 69.6 Å². The van der Waals surface area contributed by atoms with Crippen molar-refractivity contribution in [1.82, 2.24) is 10.2 Å². The van der Waals surface area contributed by atoms with E-state index in [2.05, 4.69) is 12.2 Å². The summed E-state index contributed by atoms with van der Waals surface area (Å²) < 4.78 is 0. The predicted octanol–water partition coefficient (Wildman–Crippen LogP) is 2.67. The van der Waals surface area contributed by atoms with Crippen molar-refractivity contribution in [3.05, 3.63) is 11.3 Å². The van der Waals surface area contributed by atoms with Crippen LogP contribution in [0.15, 0.2) is 11.3 Å². The summed E-state index contributed by atoms with van der Waals surface area (Å²) in [5, 5.41) is 12.9. The molecule has 0 atom stereocenters. The van der Waals surface area contributed by atoms with Crippen LogP contribution in [0.2, 0.25) is 0 Å². The fourth-order valence-corrected chi connectivity index (χ4v) is 3.26. The number of carbonyl (C=O) groups is 2. The number of aliphatic hydroxyl groups excluding tert-OH is 1. The van der Waals surface area contributed by atoms with Crippen molar-refractivity contribution >= 4 is 11.8 Å². The van der Waals surface area contributed by atoms with Crippen LogP contribution in [0.5, 0.6) is 0 Å². The van der Waals surface area contributed by atoms with Crippen LogP contribution < -0.4 is 5.32 Å². The highest BCUT2D eigenvalue weighted by Gasteiger charge is 2.35. The Balaban J connectivity index is 1.85. The number of amides is 2. The Morgan fingerprint density at radius 2 is 1.95 bits per heavy atom. The molecule has 5 nitrogen and oxygen atoms in total. The molecule has 0 aromatic rings. The van der Waals surface area contributed by atoms with Gasteiger partial charge >= 0.3 is 0 Å². The average Bonchev–Trinajstić information content (AvgIpc) is 2.79. The van der Waals surface area contributed by atoms with Crippen molar-refractivity contribution < 1.29 is 14.7 Å². The Morgan fingerprint density at radius 3 is 2.64 bits per heavy atom. The number of hydrogen-bond donors (Lipinski definition) is 2. The fraction of sp³-hybridized carbons (Fsp3) is 0.765. The van der Waals surface area contributed by atoms with Crippen LogP contribution in [0.3, 0.4) is 0 Å². The fourth-order valence-electron chi connectivity index (χ4n) is 3.26. The second-order valence-electron chi connectivity index (χ2n) is 6.42. The lowest BCUT2D eigenvalue weighted by molar-refractivity contribution is -0.128. The first-order valence-electron chi connectivity index (χ1n) is 8.65. The highest BCUT2D eigenvalue weighted by Crippen LogP contribution is 2.21. The molecule has 0 unspecified atom stereocenters. The molecular formula is C17H28N2O3. The molecule has 0 radical (unpaired) electrons. The lowest BCUT2D eigenvalue weighted by atomic mass is 9.95. The van der Waals surface area contributed by atoms with Gasteiger partial charge in [0, 0.05) is 12.6 Å². The molecule has 0 saturated heterocycles. The first kappa shape index (κ1) is 16.8. The summed E-state index contributed by atoms with van der Waals surface area (Å²) in [4.78, 5) is 26.2. The van der Waals surface area contributed by atoms with Crippen molar-refractivity contribution in [2.75, 3.05) is 13.1 Å². The molecule has 0 spiro atoms. The first-order chi connectivity index (χ1) is 10.6. The van der Waals surface area contributed by atoms with Gasteiger partial charge in [-0.2, -0.15) is 0 Å². The number of hydrogen-bond acceptors (Lipinski definition) is 3. The van der Waals surface area contributed by atoms with Crippen molar-refractivity contribution in [1.29, 1.82) is 0 Å². The van der Waals surface area contributed by atoms with E-state index in [0.717, 1.165) is 51.4 Å². The molecule has 124 valence electrons. The van der Waals surface area contributed by atoms with Crippen molar-refractivity contribution in [2.45, 2.75) is 70.8 Å². The lowest BCUT2D eigenvalue weighted by Crippen LogP contribution is -2.40. The summed E-state index contributed by atoms with van der Waals surface area (Å²) in [5.41, 5.74) is -0.0407. The van der Waals surface area contributed by atoms with Gasteiger partial charge in [-0.1, -0.05) is 45.4 Å². The molecule has 1 fully saturated rings. The highest BCUT2D eigenvalue weighted by atomic mass is 16.3. The van der Waals surface area contributed by atoms with Gasteiger partial charge in [-0.05, 0) is 19.3 Å². The molecule has 0 aromatic carbocycles. The molecule has 2 amide bonds. The monoisotopic (exact) mass is 308 g/mol. The smallest absolute Gasteiger partial charge is 0.263 e. The van der Waals surface area contributed by atoms with Gasteiger partial charge in [0.2, 0.25) is 0 Å². The summed E-state index contributed by atoms with van der Waals surface area (Å²) in [6.07, 6.45) is 9.67. The van der Waals surface area contributed by atoms with E-state index >= 15 is 0 Å². The normalized spacial score (nSPS) is 19.9. The molecule has 22 heavy (non-hydrogen) atoms. The molecule has 1 heterocycles. The van der Waals surface area contributed by atoms with Crippen LogP contribution >= 0.6 is 0 Å². The zero-order valence-corrected chi connectivity index (χ0v) is 13.6. The predicted molar refractivity (Wildman–Crippen MR) is 85.4 cm³/mol. The minimum absolute atomic E-state index is 0.0407. The Bertz CT molecular complexity index is 439. The molecular weight excluding hydrogens is 280 g/mol. The lowest BCUT2D eigenvalue weighted by Gasteiger charge is -2.23. The molecule has 0 bridgehead atoms. The summed E-state index contributed by atoms with van der Waals surface area (Å²) in [5.74, 6) is -0.790. The maximum absolute atomic E-state index is 12.3. The molecule has 1 aliphatic carbocycles. The molecule has 1 aliphatic heterocycles. The van der Waals surface area contributed by atoms with E-state index in [1.807, 2.05) is 0 Å². The Labute approximate surface area is 132 Å². The van der Waals surface area contributed by atoms with E-state index in [1.54, 1.807) is 4.90 Å². The van der Waals surface area contributed by atoms with Crippen molar-refractivity contribution in [3.8, 4) is 0 Å². The van der Waals surface area contributed by atoms with E-state index in [0.29, 0.717) is 6.54 Å². The summed E-state index contributed by atoms with van der Waals surface area (Å²) in [7, 11) is 0. The third-order valence-electron chi connectivity index (χ3n) is 4.58. The number of nitrogens with one attached hydrogen (secondary N) is 1. The maximum atomic E-state index is 12.3. The van der Waals surface area contributed by atoms with Gasteiger partial charge < -0.3 is 15.3 Å². The van der Waals surface area contributed by atoms with Gasteiger partial charge in [-0.15, -0.1) is 0 Å². The van der Waals surface area contributed by atoms with Gasteiger partial charge in [0.15, 0.2) is 0 Å². The molecule has 2 N–H and O–H groups in total. The number of unbranched alkanes of at least 4 members (excludes halogenated alkanes) is 3. The number of aliphatic hydroxyl groups is 1. The van der Waals surface area contributed by atoms with Gasteiger partial charge in [0.25, 0.3) is 11.8 Å². The third-order valence-corrected chi connectivity index (χ3v) is 4.58. The Morgan fingerprint density at radius 1 is 1.23 bits per heavy atom. The van der Waals surface area contributed by atoms with Crippen molar-refractivity contribution in [2.24, 2.45) is 0 Å². The number of nitrogens with zero attached hydrogens (tertiary/aromatic N) is 1. The van der Waals surface area contributed by atoms with Gasteiger partial charge in [0.1, 0.15) is 11.3 Å². The van der Waals surface area contributed by atoms with E-state index < -0.39 is 5.91 Å². The maximum Gasteiger partial charge on any atom is 0.263 e. The van der Waals surface area contributed by atoms with E-state index in [9.17, 15) is 14.7 Å². The van der Waals surface area contributed by atoms with Crippen molar-refractivity contribution in [3.63, 3.8) is 0 Å². The van der Waals surface area contributed by atoms with Crippen LogP contribution in [0.25, 0.3) is 0 Å². The second kappa shape index (κ2) is 8.20. The van der Waals surface area contributed by atoms with E-state index in [1.165, 1.54) is 6.42 Å². The zero-order valence-electron chi connectivity index (χ0n) is 13.6. The first-order valence-corrected chi connectivity index (χ1v) is 8.65. The van der Waals surface area contributed by atoms with Crippen LogP contribution in [0, 0.1) is 0 Å². The van der Waals surface area contributed by atoms with Crippen LogP contribution in [0.1, 0.15) is 64.7 Å². The van der Waals surface area contributed by atoms with E-state index in [4.69, 9.17) is 0 Å². The Hall–Kier alpha value is -1.52. The van der Waals surface area contributed by atoms with Gasteiger partial charge in [0.05, 0.1) is 6.54 Å². The standard InChI is InChI=1S/C17H28N2O3/c1-2-3-4-8-11-19-12-14(20)15(17(19)22)16(21)18-13-9-6-5-7-10-13/h13,20H,2-12H2,1H3,(H,18,21). The summed E-state index contributed by atoms with van der Waals surface area (Å²) >= 11 is 0. The summed E-state index contributed by atoms with van der Waals surface area (Å²) in [6.45, 7) is 2.93. The Kier molecular flexibility index (Phi) is 6.28. The minimum atomic E-state index is -0.398. The van der Waals surface area contributed by atoms with Crippen LogP contribution in [-0.2, 0) is 9.59 Å².